The first-order valence-corrected chi connectivity index (χ1v) is 8.84. The van der Waals surface area contributed by atoms with E-state index in [4.69, 9.17) is 0 Å². The van der Waals surface area contributed by atoms with Crippen molar-refractivity contribution in [2.75, 3.05) is 0 Å². The highest BCUT2D eigenvalue weighted by atomic mass is 31.1. The minimum absolute atomic E-state index is 0.554. The van der Waals surface area contributed by atoms with Crippen molar-refractivity contribution in [3.8, 4) is 0 Å². The zero-order chi connectivity index (χ0) is 15.5. The van der Waals surface area contributed by atoms with Gasteiger partial charge in [0, 0.05) is 0 Å². The van der Waals surface area contributed by atoms with E-state index in [0.717, 1.165) is 5.56 Å². The molecule has 0 heterocycles. The fourth-order valence-corrected chi connectivity index (χ4v) is 4.89. The highest BCUT2D eigenvalue weighted by Gasteiger charge is 2.17. The maximum absolute atomic E-state index is 4.24. The Labute approximate surface area is 134 Å². The molecule has 0 nitrogen and oxygen atoms in total. The highest BCUT2D eigenvalue weighted by molar-refractivity contribution is 7.79. The smallest absolute Gasteiger partial charge is 0.0119 e. The van der Waals surface area contributed by atoms with E-state index in [2.05, 4.69) is 93.6 Å². The van der Waals surface area contributed by atoms with Gasteiger partial charge in [-0.15, -0.1) is 0 Å². The molecule has 0 N–H and O–H groups in total. The lowest BCUT2D eigenvalue weighted by molar-refractivity contribution is 1.49. The van der Waals surface area contributed by atoms with E-state index in [0.29, 0.717) is 0 Å². The molecular formula is C21H20P. The second-order valence-corrected chi connectivity index (χ2v) is 7.82. The summed E-state index contributed by atoms with van der Waals surface area (Å²) in [6.07, 6.45) is 0. The standard InChI is InChI=1S/C21H20P/c1-16-8-12-19(13-9-16)22(20-14-10-17(2)11-15-20)21-7-5-4-6-18(21)3/h4-15H,3H2,1-2H3. The van der Waals surface area contributed by atoms with Crippen molar-refractivity contribution >= 4 is 23.8 Å². The largest absolute Gasteiger partial charge is 0.0619 e. The van der Waals surface area contributed by atoms with Gasteiger partial charge in [-0.25, -0.2) is 0 Å². The predicted octanol–water partition coefficient (Wildman–Crippen LogP) is 4.24. The Morgan fingerprint density at radius 3 is 1.55 bits per heavy atom. The van der Waals surface area contributed by atoms with E-state index in [1.165, 1.54) is 27.0 Å². The van der Waals surface area contributed by atoms with Crippen molar-refractivity contribution in [1.82, 2.24) is 0 Å². The van der Waals surface area contributed by atoms with Gasteiger partial charge in [-0.3, -0.25) is 0 Å². The van der Waals surface area contributed by atoms with Crippen LogP contribution in [0.15, 0.2) is 72.8 Å². The summed E-state index contributed by atoms with van der Waals surface area (Å²) in [4.78, 5) is 0. The van der Waals surface area contributed by atoms with Crippen LogP contribution in [0.3, 0.4) is 0 Å². The third kappa shape index (κ3) is 3.13. The zero-order valence-corrected chi connectivity index (χ0v) is 14.0. The van der Waals surface area contributed by atoms with Crippen LogP contribution in [0.1, 0.15) is 16.7 Å². The molecule has 0 saturated carbocycles. The molecular weight excluding hydrogens is 283 g/mol. The minimum Gasteiger partial charge on any atom is -0.0619 e. The second kappa shape index (κ2) is 6.46. The molecule has 3 aromatic rings. The molecule has 0 bridgehead atoms. The summed E-state index contributed by atoms with van der Waals surface area (Å²) in [6, 6.07) is 26.3. The number of aryl methyl sites for hydroxylation is 2. The molecule has 0 saturated heterocycles. The number of hydrogen-bond donors (Lipinski definition) is 0. The average molecular weight is 303 g/mol. The second-order valence-electron chi connectivity index (χ2n) is 5.64. The number of hydrogen-bond acceptors (Lipinski definition) is 0. The van der Waals surface area contributed by atoms with Crippen LogP contribution in [-0.4, -0.2) is 0 Å². The van der Waals surface area contributed by atoms with Gasteiger partial charge in [0.05, 0.1) is 0 Å². The molecule has 0 aromatic heterocycles. The number of rotatable bonds is 3. The summed E-state index contributed by atoms with van der Waals surface area (Å²) < 4.78 is 0. The zero-order valence-electron chi connectivity index (χ0n) is 13.1. The molecule has 109 valence electrons. The molecule has 3 aromatic carbocycles. The van der Waals surface area contributed by atoms with Gasteiger partial charge in [0.2, 0.25) is 0 Å². The number of benzene rings is 3. The maximum Gasteiger partial charge on any atom is -0.0119 e. The molecule has 0 aliphatic carbocycles. The van der Waals surface area contributed by atoms with Crippen molar-refractivity contribution in [2.45, 2.75) is 13.8 Å². The van der Waals surface area contributed by atoms with Gasteiger partial charge in [-0.1, -0.05) is 83.9 Å². The SMILES string of the molecule is [CH2]c1ccccc1P(c1ccc(C)cc1)c1ccc(C)cc1. The van der Waals surface area contributed by atoms with Gasteiger partial charge in [-0.05, 0) is 50.2 Å². The molecule has 0 atom stereocenters. The Hall–Kier alpha value is -1.91. The third-order valence-electron chi connectivity index (χ3n) is 3.82. The Bertz CT molecular complexity index is 709. The van der Waals surface area contributed by atoms with Crippen molar-refractivity contribution in [3.05, 3.63) is 96.4 Å². The first-order chi connectivity index (χ1) is 10.6. The van der Waals surface area contributed by atoms with Crippen molar-refractivity contribution in [1.29, 1.82) is 0 Å². The first-order valence-electron chi connectivity index (χ1n) is 7.49. The minimum atomic E-state index is -0.554. The van der Waals surface area contributed by atoms with Crippen LogP contribution in [0.4, 0.5) is 0 Å². The fourth-order valence-electron chi connectivity index (χ4n) is 2.54. The predicted molar refractivity (Wildman–Crippen MR) is 99.1 cm³/mol. The molecule has 0 unspecified atom stereocenters. The Balaban J connectivity index is 2.16. The van der Waals surface area contributed by atoms with Crippen LogP contribution in [0.25, 0.3) is 0 Å². The van der Waals surface area contributed by atoms with Crippen LogP contribution in [-0.2, 0) is 0 Å². The first kappa shape index (κ1) is 15.0. The summed E-state index contributed by atoms with van der Waals surface area (Å²) in [5.74, 6) is 0. The summed E-state index contributed by atoms with van der Waals surface area (Å²) in [5.41, 5.74) is 3.71. The van der Waals surface area contributed by atoms with Gasteiger partial charge in [0.15, 0.2) is 0 Å². The lowest BCUT2D eigenvalue weighted by Gasteiger charge is -2.21. The maximum atomic E-state index is 4.24. The Kier molecular flexibility index (Phi) is 4.41. The lowest BCUT2D eigenvalue weighted by Crippen LogP contribution is -2.22. The molecule has 1 heteroatoms. The topological polar surface area (TPSA) is 0 Å². The summed E-state index contributed by atoms with van der Waals surface area (Å²) in [7, 11) is -0.554. The average Bonchev–Trinajstić information content (AvgIpc) is 2.53. The van der Waals surface area contributed by atoms with Crippen LogP contribution >= 0.6 is 7.92 Å². The molecule has 0 spiro atoms. The fraction of sp³-hybridized carbons (Fsp3) is 0.0952. The van der Waals surface area contributed by atoms with E-state index < -0.39 is 7.92 Å². The van der Waals surface area contributed by atoms with Gasteiger partial charge in [0.25, 0.3) is 0 Å². The van der Waals surface area contributed by atoms with Crippen LogP contribution < -0.4 is 15.9 Å². The molecule has 0 aliphatic rings. The molecule has 3 rings (SSSR count). The van der Waals surface area contributed by atoms with E-state index >= 15 is 0 Å². The summed E-state index contributed by atoms with van der Waals surface area (Å²) in [6.45, 7) is 8.51. The lowest BCUT2D eigenvalue weighted by atomic mass is 10.2. The Morgan fingerprint density at radius 1 is 0.636 bits per heavy atom. The van der Waals surface area contributed by atoms with Crippen molar-refractivity contribution in [3.63, 3.8) is 0 Å². The third-order valence-corrected chi connectivity index (χ3v) is 6.36. The quantitative estimate of drug-likeness (QED) is 0.635. The van der Waals surface area contributed by atoms with Crippen molar-refractivity contribution < 1.29 is 0 Å². The van der Waals surface area contributed by atoms with E-state index in [1.54, 1.807) is 0 Å². The summed E-state index contributed by atoms with van der Waals surface area (Å²) in [5, 5.41) is 4.09. The monoisotopic (exact) mass is 303 g/mol. The van der Waals surface area contributed by atoms with Crippen LogP contribution in [0.2, 0.25) is 0 Å². The molecule has 0 amide bonds. The van der Waals surface area contributed by atoms with E-state index in [-0.39, 0.29) is 0 Å². The van der Waals surface area contributed by atoms with Gasteiger partial charge < -0.3 is 0 Å². The molecule has 22 heavy (non-hydrogen) atoms. The van der Waals surface area contributed by atoms with Gasteiger partial charge in [-0.2, -0.15) is 0 Å². The van der Waals surface area contributed by atoms with E-state index in [9.17, 15) is 0 Å². The highest BCUT2D eigenvalue weighted by Crippen LogP contribution is 2.34. The molecule has 0 aliphatic heterocycles. The van der Waals surface area contributed by atoms with E-state index in [1.807, 2.05) is 0 Å². The molecule has 0 fully saturated rings. The van der Waals surface area contributed by atoms with Crippen molar-refractivity contribution in [2.24, 2.45) is 0 Å². The molecule has 1 radical (unpaired) electrons. The van der Waals surface area contributed by atoms with Crippen LogP contribution in [0, 0.1) is 20.8 Å². The van der Waals surface area contributed by atoms with Gasteiger partial charge >= 0.3 is 0 Å². The van der Waals surface area contributed by atoms with Gasteiger partial charge in [0.1, 0.15) is 0 Å². The summed E-state index contributed by atoms with van der Waals surface area (Å²) >= 11 is 0. The van der Waals surface area contributed by atoms with Crippen LogP contribution in [0.5, 0.6) is 0 Å². The Morgan fingerprint density at radius 2 is 1.09 bits per heavy atom. The normalized spacial score (nSPS) is 10.9.